The first kappa shape index (κ1) is 31.2. The lowest BCUT2D eigenvalue weighted by atomic mass is 9.82. The highest BCUT2D eigenvalue weighted by Gasteiger charge is 2.41. The molecule has 0 spiro atoms. The third-order valence-corrected chi connectivity index (χ3v) is 9.34. The number of rotatable bonds is 10. The third kappa shape index (κ3) is 4.40. The largest absolute Gasteiger partial charge is 0.550 e. The van der Waals surface area contributed by atoms with Crippen LogP contribution < -0.4 is 15.3 Å². The van der Waals surface area contributed by atoms with Gasteiger partial charge in [-0.05, 0) is 75.8 Å². The first-order valence-electron chi connectivity index (χ1n) is 15.0. The van der Waals surface area contributed by atoms with Crippen LogP contribution in [0, 0.1) is 0 Å². The molecule has 0 N–H and O–H groups in total. The number of benzene rings is 5. The lowest BCUT2D eigenvalue weighted by Gasteiger charge is -2.35. The molecular weight excluding hydrogens is 640 g/mol. The molecule has 0 aliphatic carbocycles. The maximum atomic E-state index is 13.8. The Morgan fingerprint density at radius 1 is 0.551 bits per heavy atom. The number of hydrogen-bond donors (Lipinski definition) is 0. The molecule has 5 aromatic rings. The van der Waals surface area contributed by atoms with Crippen molar-refractivity contribution in [2.24, 2.45) is 0 Å². The van der Waals surface area contributed by atoms with Gasteiger partial charge in [-0.2, -0.15) is 0 Å². The van der Waals surface area contributed by atoms with E-state index in [1.165, 1.54) is 24.3 Å². The van der Waals surface area contributed by atoms with E-state index in [0.29, 0.717) is 42.1 Å². The predicted octanol–water partition coefficient (Wildman–Crippen LogP) is -0.350. The average molecular weight is 662 g/mol. The molecule has 7 rings (SSSR count). The number of amides is 4. The Morgan fingerprint density at radius 3 is 1.16 bits per heavy atom. The van der Waals surface area contributed by atoms with Crippen LogP contribution in [0.3, 0.4) is 0 Å². The van der Waals surface area contributed by atoms with Crippen molar-refractivity contribution in [3.63, 3.8) is 0 Å². The second-order valence-electron chi connectivity index (χ2n) is 11.8. The number of methoxy groups -OCH3 is 1. The van der Waals surface area contributed by atoms with E-state index < -0.39 is 78.9 Å². The number of nitrogens with zero attached hydrogens (tertiary/aromatic N) is 2. The van der Waals surface area contributed by atoms with Gasteiger partial charge in [-0.3, -0.25) is 33.8 Å². The first-order valence-corrected chi connectivity index (χ1v) is 15.0. The summed E-state index contributed by atoms with van der Waals surface area (Å²) in [7, 11) is 1.12. The lowest BCUT2D eigenvalue weighted by Crippen LogP contribution is -2.55. The molecule has 2 aliphatic heterocycles. The second-order valence-corrected chi connectivity index (χ2v) is 11.8. The summed E-state index contributed by atoms with van der Waals surface area (Å²) in [6.45, 7) is 0. The van der Waals surface area contributed by atoms with E-state index >= 15 is 0 Å². The molecule has 0 saturated heterocycles. The number of fused-ring (bicyclic) bond motifs is 2. The number of aliphatic carboxylic acids is 3. The molecule has 5 aromatic carbocycles. The summed E-state index contributed by atoms with van der Waals surface area (Å²) in [4.78, 5) is 103. The van der Waals surface area contributed by atoms with Gasteiger partial charge in [-0.15, -0.1) is 0 Å². The van der Waals surface area contributed by atoms with E-state index in [9.17, 15) is 53.7 Å². The van der Waals surface area contributed by atoms with E-state index in [-0.39, 0.29) is 39.4 Å². The number of carboxylic acids is 3. The van der Waals surface area contributed by atoms with E-state index in [1.54, 1.807) is 24.3 Å². The van der Waals surface area contributed by atoms with Gasteiger partial charge in [-0.1, -0.05) is 24.3 Å². The molecule has 2 atom stereocenters. The molecule has 4 amide bonds. The van der Waals surface area contributed by atoms with Gasteiger partial charge in [0.15, 0.2) is 0 Å². The maximum absolute atomic E-state index is 13.8. The van der Waals surface area contributed by atoms with Gasteiger partial charge in [-0.25, -0.2) is 0 Å². The smallest absolute Gasteiger partial charge is 0.305 e. The van der Waals surface area contributed by atoms with E-state index in [2.05, 4.69) is 4.74 Å². The Balaban J connectivity index is 1.42. The van der Waals surface area contributed by atoms with E-state index in [0.717, 1.165) is 7.11 Å². The van der Waals surface area contributed by atoms with Crippen molar-refractivity contribution in [3.05, 3.63) is 70.8 Å². The zero-order chi connectivity index (χ0) is 35.0. The minimum Gasteiger partial charge on any atom is -0.550 e. The van der Waals surface area contributed by atoms with Crippen molar-refractivity contribution in [2.75, 3.05) is 7.11 Å². The molecule has 2 heterocycles. The van der Waals surface area contributed by atoms with Crippen LogP contribution in [-0.2, 0) is 23.9 Å². The van der Waals surface area contributed by atoms with Gasteiger partial charge in [0.05, 0.1) is 31.1 Å². The summed E-state index contributed by atoms with van der Waals surface area (Å²) >= 11 is 0. The van der Waals surface area contributed by atoms with Gasteiger partial charge in [0.1, 0.15) is 0 Å². The molecular formula is C35H21N2O12-3. The molecule has 246 valence electrons. The topological polar surface area (TPSA) is 221 Å². The van der Waals surface area contributed by atoms with Gasteiger partial charge in [0.25, 0.3) is 23.6 Å². The number of imide groups is 2. The SMILES string of the molecule is COC(=O)CC[C@@H](C(=O)[O-])N1C(=O)c2ccc3c4ccc5c6c(ccc(c7ccc(c2c37)C1=O)c64)C(=O)N([C@@H](CCC(=O)[O-])C(=O)[O-])C5=O. The molecule has 49 heavy (non-hydrogen) atoms. The Morgan fingerprint density at radius 2 is 0.878 bits per heavy atom. The third-order valence-electron chi connectivity index (χ3n) is 9.34. The monoisotopic (exact) mass is 661 g/mol. The van der Waals surface area contributed by atoms with Crippen LogP contribution in [-0.4, -0.2) is 76.5 Å². The van der Waals surface area contributed by atoms with Crippen LogP contribution in [0.1, 0.15) is 67.1 Å². The first-order chi connectivity index (χ1) is 23.4. The van der Waals surface area contributed by atoms with Gasteiger partial charge in [0.2, 0.25) is 0 Å². The number of ether oxygens (including phenoxy) is 1. The Hall–Kier alpha value is -6.44. The van der Waals surface area contributed by atoms with Crippen LogP contribution in [0.5, 0.6) is 0 Å². The number of carbonyl (C=O) groups is 8. The van der Waals surface area contributed by atoms with Crippen molar-refractivity contribution in [3.8, 4) is 0 Å². The number of carboxylic acid groups (broad SMARTS) is 3. The molecule has 2 aliphatic rings. The summed E-state index contributed by atoms with van der Waals surface area (Å²) < 4.78 is 4.57. The van der Waals surface area contributed by atoms with Crippen molar-refractivity contribution < 1.29 is 58.4 Å². The molecule has 0 fully saturated rings. The summed E-state index contributed by atoms with van der Waals surface area (Å²) in [5.74, 6) is -9.50. The molecule has 0 bridgehead atoms. The van der Waals surface area contributed by atoms with Crippen molar-refractivity contribution in [1.29, 1.82) is 0 Å². The van der Waals surface area contributed by atoms with Crippen LogP contribution in [0.15, 0.2) is 48.5 Å². The minimum atomic E-state index is -1.86. The fraction of sp³-hybridized carbons (Fsp3) is 0.200. The van der Waals surface area contributed by atoms with Crippen LogP contribution >= 0.6 is 0 Å². The lowest BCUT2D eigenvalue weighted by molar-refractivity contribution is -0.312. The summed E-state index contributed by atoms with van der Waals surface area (Å²) in [5, 5.41) is 38.8. The summed E-state index contributed by atoms with van der Waals surface area (Å²) in [6, 6.07) is 8.51. The van der Waals surface area contributed by atoms with Crippen molar-refractivity contribution >= 4 is 90.6 Å². The van der Waals surface area contributed by atoms with Crippen LogP contribution in [0.25, 0.3) is 43.1 Å². The normalized spacial score (nSPS) is 15.4. The van der Waals surface area contributed by atoms with Gasteiger partial charge >= 0.3 is 5.97 Å². The molecule has 0 saturated carbocycles. The van der Waals surface area contributed by atoms with Crippen LogP contribution in [0.4, 0.5) is 0 Å². The molecule has 14 heteroatoms. The highest BCUT2D eigenvalue weighted by atomic mass is 16.5. The Kier molecular flexibility index (Phi) is 7.05. The maximum Gasteiger partial charge on any atom is 0.305 e. The van der Waals surface area contributed by atoms with Crippen molar-refractivity contribution in [2.45, 2.75) is 37.8 Å². The summed E-state index contributed by atoms with van der Waals surface area (Å²) in [6.07, 6.45) is -2.14. The highest BCUT2D eigenvalue weighted by molar-refractivity contribution is 6.41. The number of hydrogen-bond acceptors (Lipinski definition) is 12. The highest BCUT2D eigenvalue weighted by Crippen LogP contribution is 2.46. The molecule has 14 nitrogen and oxygen atoms in total. The molecule has 0 unspecified atom stereocenters. The summed E-state index contributed by atoms with van der Waals surface area (Å²) in [5.41, 5.74) is 0.0920. The zero-order valence-electron chi connectivity index (χ0n) is 25.4. The second kappa shape index (κ2) is 11.1. The Bertz CT molecular complexity index is 2280. The zero-order valence-corrected chi connectivity index (χ0v) is 25.4. The molecule has 0 aromatic heterocycles. The van der Waals surface area contributed by atoms with Gasteiger partial charge in [0, 0.05) is 45.4 Å². The fourth-order valence-corrected chi connectivity index (χ4v) is 7.19. The standard InChI is InChI=1S/C35H24N2O12/c1-49-25(40)13-11-23(35(47)48)37-32(43)20-8-4-16-14-2-6-18-28-19(31(42)36(30(18)41)22(34(45)46)10-12-24(38)39)7-3-15(26(14)28)17-5-9-21(33(37)44)29(20)27(16)17/h2-9,22-23H,10-13H2,1H3,(H,38,39)(H,45,46)(H,47,48)/p-3/t22-,23-/m0/s1. The Labute approximate surface area is 274 Å². The quantitative estimate of drug-likeness (QED) is 0.0811. The fourth-order valence-electron chi connectivity index (χ4n) is 7.19. The van der Waals surface area contributed by atoms with E-state index in [1.807, 2.05) is 0 Å². The van der Waals surface area contributed by atoms with E-state index in [4.69, 9.17) is 0 Å². The predicted molar refractivity (Wildman–Crippen MR) is 162 cm³/mol. The van der Waals surface area contributed by atoms with Gasteiger partial charge < -0.3 is 34.4 Å². The molecule has 0 radical (unpaired) electrons. The minimum absolute atomic E-state index is 0.00484. The average Bonchev–Trinajstić information content (AvgIpc) is 3.07. The van der Waals surface area contributed by atoms with Crippen LogP contribution in [0.2, 0.25) is 0 Å². The van der Waals surface area contributed by atoms with Crippen molar-refractivity contribution in [1.82, 2.24) is 9.80 Å². The number of carbonyl (C=O) groups excluding carboxylic acids is 8. The number of esters is 1.